The van der Waals surface area contributed by atoms with Gasteiger partial charge in [0.1, 0.15) is 11.5 Å². The van der Waals surface area contributed by atoms with Gasteiger partial charge in [0, 0.05) is 32.7 Å². The maximum Gasteiger partial charge on any atom is 0.257 e. The third-order valence-corrected chi connectivity index (χ3v) is 3.38. The molecule has 1 aromatic carbocycles. The Labute approximate surface area is 122 Å². The number of carbonyl (C=O) groups excluding carboxylic acids is 1. The van der Waals surface area contributed by atoms with Crippen LogP contribution in [0.1, 0.15) is 10.4 Å². The number of piperazine rings is 1. The Bertz CT molecular complexity index is 528. The smallest absolute Gasteiger partial charge is 0.257 e. The first-order valence-electron chi connectivity index (χ1n) is 6.29. The van der Waals surface area contributed by atoms with Crippen molar-refractivity contribution >= 4 is 23.1 Å². The normalized spacial score (nSPS) is 16.1. The van der Waals surface area contributed by atoms with Crippen molar-refractivity contribution in [1.29, 1.82) is 0 Å². The van der Waals surface area contributed by atoms with Crippen molar-refractivity contribution in [3.8, 4) is 11.5 Å². The summed E-state index contributed by atoms with van der Waals surface area (Å²) in [6.07, 6.45) is 0. The van der Waals surface area contributed by atoms with Gasteiger partial charge in [-0.05, 0) is 18.2 Å². The zero-order chi connectivity index (χ0) is 14.7. The highest BCUT2D eigenvalue weighted by Crippen LogP contribution is 2.23. The van der Waals surface area contributed by atoms with E-state index in [2.05, 4.69) is 4.90 Å². The molecule has 0 atom stereocenters. The summed E-state index contributed by atoms with van der Waals surface area (Å²) in [6.45, 7) is 2.99. The first kappa shape index (κ1) is 14.5. The highest BCUT2D eigenvalue weighted by Gasteiger charge is 2.24. The fraction of sp³-hybridized carbons (Fsp3) is 0.385. The summed E-state index contributed by atoms with van der Waals surface area (Å²) in [5.74, 6) is -0.454. The lowest BCUT2D eigenvalue weighted by atomic mass is 10.1. The van der Waals surface area contributed by atoms with Gasteiger partial charge < -0.3 is 20.8 Å². The van der Waals surface area contributed by atoms with Crippen molar-refractivity contribution in [2.24, 2.45) is 5.73 Å². The van der Waals surface area contributed by atoms with Crippen molar-refractivity contribution in [1.82, 2.24) is 9.80 Å². The largest absolute Gasteiger partial charge is 0.508 e. The highest BCUT2D eigenvalue weighted by atomic mass is 32.1. The maximum atomic E-state index is 12.3. The molecule has 108 valence electrons. The Morgan fingerprint density at radius 3 is 2.50 bits per heavy atom. The van der Waals surface area contributed by atoms with E-state index in [1.54, 1.807) is 4.90 Å². The van der Waals surface area contributed by atoms with E-state index in [0.717, 1.165) is 0 Å². The molecule has 0 spiro atoms. The van der Waals surface area contributed by atoms with E-state index in [1.807, 2.05) is 0 Å². The molecule has 1 fully saturated rings. The third kappa shape index (κ3) is 3.37. The number of phenols is 2. The van der Waals surface area contributed by atoms with Crippen LogP contribution in [0.2, 0.25) is 0 Å². The SMILES string of the molecule is NC(=S)CN1CCN(C(=O)c2cc(O)ccc2O)CC1. The lowest BCUT2D eigenvalue weighted by molar-refractivity contribution is 0.0651. The summed E-state index contributed by atoms with van der Waals surface area (Å²) in [5, 5.41) is 19.1. The van der Waals surface area contributed by atoms with E-state index in [1.165, 1.54) is 18.2 Å². The average molecular weight is 295 g/mol. The summed E-state index contributed by atoms with van der Waals surface area (Å²) in [6, 6.07) is 3.93. The van der Waals surface area contributed by atoms with Gasteiger partial charge in [0.05, 0.1) is 10.6 Å². The second-order valence-electron chi connectivity index (χ2n) is 4.74. The average Bonchev–Trinajstić information content (AvgIpc) is 2.41. The third-order valence-electron chi connectivity index (χ3n) is 3.25. The van der Waals surface area contributed by atoms with Gasteiger partial charge >= 0.3 is 0 Å². The van der Waals surface area contributed by atoms with Crippen molar-refractivity contribution in [2.45, 2.75) is 0 Å². The van der Waals surface area contributed by atoms with E-state index >= 15 is 0 Å². The van der Waals surface area contributed by atoms with Crippen LogP contribution >= 0.6 is 12.2 Å². The van der Waals surface area contributed by atoms with Crippen LogP contribution in [0.5, 0.6) is 11.5 Å². The minimum absolute atomic E-state index is 0.0433. The predicted molar refractivity (Wildman–Crippen MR) is 78.9 cm³/mol. The Kier molecular flexibility index (Phi) is 4.41. The second kappa shape index (κ2) is 6.06. The van der Waals surface area contributed by atoms with Crippen LogP contribution in [0.3, 0.4) is 0 Å². The molecule has 6 nitrogen and oxygen atoms in total. The molecule has 0 radical (unpaired) electrons. The molecule has 0 aromatic heterocycles. The quantitative estimate of drug-likeness (QED) is 0.543. The van der Waals surface area contributed by atoms with Crippen LogP contribution in [-0.2, 0) is 0 Å². The molecule has 1 aromatic rings. The number of thiocarbonyl (C=S) groups is 1. The van der Waals surface area contributed by atoms with Crippen molar-refractivity contribution in [3.63, 3.8) is 0 Å². The molecule has 1 aliphatic heterocycles. The van der Waals surface area contributed by atoms with Crippen LogP contribution in [-0.4, -0.2) is 63.6 Å². The molecule has 1 amide bonds. The Balaban J connectivity index is 2.01. The zero-order valence-corrected chi connectivity index (χ0v) is 11.8. The molecule has 7 heteroatoms. The highest BCUT2D eigenvalue weighted by molar-refractivity contribution is 7.80. The number of hydrogen-bond acceptors (Lipinski definition) is 5. The molecule has 0 saturated carbocycles. The van der Waals surface area contributed by atoms with Crippen LogP contribution in [0, 0.1) is 0 Å². The lowest BCUT2D eigenvalue weighted by Crippen LogP contribution is -2.50. The summed E-state index contributed by atoms with van der Waals surface area (Å²) < 4.78 is 0. The first-order chi connectivity index (χ1) is 9.47. The minimum atomic E-state index is -0.284. The first-order valence-corrected chi connectivity index (χ1v) is 6.70. The summed E-state index contributed by atoms with van der Waals surface area (Å²) >= 11 is 4.86. The second-order valence-corrected chi connectivity index (χ2v) is 5.26. The molecular weight excluding hydrogens is 278 g/mol. The molecule has 0 unspecified atom stereocenters. The van der Waals surface area contributed by atoms with Crippen LogP contribution in [0.15, 0.2) is 18.2 Å². The van der Waals surface area contributed by atoms with E-state index in [-0.39, 0.29) is 23.0 Å². The molecule has 1 heterocycles. The monoisotopic (exact) mass is 295 g/mol. The van der Waals surface area contributed by atoms with E-state index in [9.17, 15) is 15.0 Å². The van der Waals surface area contributed by atoms with Crippen LogP contribution < -0.4 is 5.73 Å². The summed E-state index contributed by atoms with van der Waals surface area (Å²) in [4.78, 5) is 16.4. The molecule has 0 bridgehead atoms. The molecular formula is C13H17N3O3S. The number of phenolic OH excluding ortho intramolecular Hbond substituents is 2. The molecule has 1 saturated heterocycles. The number of nitrogens with zero attached hydrogens (tertiary/aromatic N) is 2. The Morgan fingerprint density at radius 2 is 1.90 bits per heavy atom. The van der Waals surface area contributed by atoms with Crippen molar-refractivity contribution in [2.75, 3.05) is 32.7 Å². The fourth-order valence-corrected chi connectivity index (χ4v) is 2.38. The van der Waals surface area contributed by atoms with Gasteiger partial charge in [-0.2, -0.15) is 0 Å². The number of nitrogens with two attached hydrogens (primary N) is 1. The minimum Gasteiger partial charge on any atom is -0.508 e. The van der Waals surface area contributed by atoms with E-state index < -0.39 is 0 Å². The zero-order valence-electron chi connectivity index (χ0n) is 11.0. The van der Waals surface area contributed by atoms with Gasteiger partial charge in [0.25, 0.3) is 5.91 Å². The predicted octanol–water partition coefficient (Wildman–Crippen LogP) is 0.142. The Morgan fingerprint density at radius 1 is 1.25 bits per heavy atom. The number of benzene rings is 1. The molecule has 2 rings (SSSR count). The van der Waals surface area contributed by atoms with Gasteiger partial charge in [-0.3, -0.25) is 9.69 Å². The van der Waals surface area contributed by atoms with E-state index in [4.69, 9.17) is 18.0 Å². The summed E-state index contributed by atoms with van der Waals surface area (Å²) in [5.41, 5.74) is 5.61. The fourth-order valence-electron chi connectivity index (χ4n) is 2.20. The number of aromatic hydroxyl groups is 2. The number of carbonyl (C=O) groups is 1. The molecule has 0 aliphatic carbocycles. The molecule has 1 aliphatic rings. The number of amides is 1. The standard InChI is InChI=1S/C13H17N3O3S/c14-12(20)8-15-3-5-16(6-4-15)13(19)10-7-9(17)1-2-11(10)18/h1-2,7,17-18H,3-6,8H2,(H2,14,20). The van der Waals surface area contributed by atoms with Crippen molar-refractivity contribution < 1.29 is 15.0 Å². The number of hydrogen-bond donors (Lipinski definition) is 3. The van der Waals surface area contributed by atoms with Gasteiger partial charge in [-0.1, -0.05) is 12.2 Å². The van der Waals surface area contributed by atoms with Crippen molar-refractivity contribution in [3.05, 3.63) is 23.8 Å². The van der Waals surface area contributed by atoms with Crippen LogP contribution in [0.25, 0.3) is 0 Å². The lowest BCUT2D eigenvalue weighted by Gasteiger charge is -2.34. The summed E-state index contributed by atoms with van der Waals surface area (Å²) in [7, 11) is 0. The Hall–Kier alpha value is -1.86. The van der Waals surface area contributed by atoms with Gasteiger partial charge in [-0.25, -0.2) is 0 Å². The van der Waals surface area contributed by atoms with Crippen LogP contribution in [0.4, 0.5) is 0 Å². The molecule has 20 heavy (non-hydrogen) atoms. The molecule has 4 N–H and O–H groups in total. The number of rotatable bonds is 3. The van der Waals surface area contributed by atoms with Gasteiger partial charge in [0.2, 0.25) is 0 Å². The maximum absolute atomic E-state index is 12.3. The van der Waals surface area contributed by atoms with Gasteiger partial charge in [0.15, 0.2) is 0 Å². The van der Waals surface area contributed by atoms with E-state index in [0.29, 0.717) is 37.7 Å². The topological polar surface area (TPSA) is 90.0 Å². The van der Waals surface area contributed by atoms with Gasteiger partial charge in [-0.15, -0.1) is 0 Å².